The first-order valence-electron chi connectivity index (χ1n) is 9.91. The molecule has 0 spiro atoms. The van der Waals surface area contributed by atoms with Gasteiger partial charge in [-0.3, -0.25) is 4.79 Å². The molecule has 156 valence electrons. The van der Waals surface area contributed by atoms with E-state index in [-0.39, 0.29) is 17.0 Å². The molecule has 0 aliphatic rings. The van der Waals surface area contributed by atoms with Crippen LogP contribution in [0.1, 0.15) is 63.0 Å². The second kappa shape index (κ2) is 8.73. The average Bonchev–Trinajstić information content (AvgIpc) is 2.60. The van der Waals surface area contributed by atoms with Crippen LogP contribution < -0.4 is 14.8 Å². The van der Waals surface area contributed by atoms with Crippen LogP contribution in [0.5, 0.6) is 11.5 Å². The van der Waals surface area contributed by atoms with Gasteiger partial charge in [0.25, 0.3) is 0 Å². The first-order valence-corrected chi connectivity index (χ1v) is 9.91. The molecule has 0 atom stereocenters. The van der Waals surface area contributed by atoms with Crippen LogP contribution in [0.25, 0.3) is 6.08 Å². The monoisotopic (exact) mass is 395 g/mol. The molecule has 2 aromatic rings. The quantitative estimate of drug-likeness (QED) is 0.461. The Kier molecular flexibility index (Phi) is 6.78. The lowest BCUT2D eigenvalue weighted by atomic mass is 10.0. The molecule has 0 unspecified atom stereocenters. The summed E-state index contributed by atoms with van der Waals surface area (Å²) in [7, 11) is 1.85. The zero-order chi connectivity index (χ0) is 21.8. The number of nitrogens with one attached hydrogen (secondary N) is 1. The maximum absolute atomic E-state index is 12.6. The summed E-state index contributed by atoms with van der Waals surface area (Å²) < 4.78 is 12.2. The Morgan fingerprint density at radius 1 is 0.897 bits per heavy atom. The molecule has 29 heavy (non-hydrogen) atoms. The number of hydrogen-bond acceptors (Lipinski definition) is 4. The highest BCUT2D eigenvalue weighted by molar-refractivity contribution is 6.07. The normalized spacial score (nSPS) is 12.1. The highest BCUT2D eigenvalue weighted by Gasteiger charge is 2.19. The fraction of sp³-hybridized carbons (Fsp3) is 0.400. The van der Waals surface area contributed by atoms with Gasteiger partial charge in [0.1, 0.15) is 22.7 Å². The number of carbonyl (C=O) groups is 1. The number of allylic oxidation sites excluding steroid dienone is 1. The third-order valence-corrected chi connectivity index (χ3v) is 4.01. The van der Waals surface area contributed by atoms with E-state index in [9.17, 15) is 4.79 Å². The van der Waals surface area contributed by atoms with Crippen molar-refractivity contribution in [3.63, 3.8) is 0 Å². The van der Waals surface area contributed by atoms with Gasteiger partial charge in [0.2, 0.25) is 0 Å². The first kappa shape index (κ1) is 22.5. The molecule has 0 aromatic heterocycles. The van der Waals surface area contributed by atoms with Crippen LogP contribution >= 0.6 is 0 Å². The van der Waals surface area contributed by atoms with Gasteiger partial charge in [-0.1, -0.05) is 0 Å². The molecule has 0 aliphatic carbocycles. The number of benzene rings is 2. The smallest absolute Gasteiger partial charge is 0.185 e. The van der Waals surface area contributed by atoms with Crippen molar-refractivity contribution in [2.24, 2.45) is 0 Å². The molecule has 1 N–H and O–H groups in total. The van der Waals surface area contributed by atoms with Crippen molar-refractivity contribution in [1.29, 1.82) is 0 Å². The Balaban J connectivity index is 2.37. The van der Waals surface area contributed by atoms with Gasteiger partial charge in [0, 0.05) is 29.9 Å². The maximum atomic E-state index is 12.6. The zero-order valence-electron chi connectivity index (χ0n) is 18.8. The molecule has 0 heterocycles. The van der Waals surface area contributed by atoms with E-state index in [0.717, 1.165) is 22.6 Å². The molecule has 0 fully saturated rings. The van der Waals surface area contributed by atoms with Gasteiger partial charge >= 0.3 is 0 Å². The lowest BCUT2D eigenvalue weighted by molar-refractivity contribution is 0.104. The summed E-state index contributed by atoms with van der Waals surface area (Å²) in [6.07, 6.45) is 3.40. The summed E-state index contributed by atoms with van der Waals surface area (Å²) in [5.41, 5.74) is 2.77. The second-order valence-corrected chi connectivity index (χ2v) is 9.11. The SMILES string of the molecule is CNc1ccc(C(=O)/C=C\c2cc(C)c(OC(C)(C)C)cc2OC(C)(C)C)cc1. The summed E-state index contributed by atoms with van der Waals surface area (Å²) in [6.45, 7) is 14.0. The summed E-state index contributed by atoms with van der Waals surface area (Å²) >= 11 is 0. The molecule has 4 nitrogen and oxygen atoms in total. The lowest BCUT2D eigenvalue weighted by Crippen LogP contribution is -2.25. The summed E-state index contributed by atoms with van der Waals surface area (Å²) in [5, 5.41) is 3.05. The van der Waals surface area contributed by atoms with Crippen LogP contribution in [0, 0.1) is 6.92 Å². The van der Waals surface area contributed by atoms with Crippen molar-refractivity contribution >= 4 is 17.5 Å². The average molecular weight is 396 g/mol. The van der Waals surface area contributed by atoms with Crippen molar-refractivity contribution in [3.05, 3.63) is 59.2 Å². The third-order valence-electron chi connectivity index (χ3n) is 4.01. The van der Waals surface area contributed by atoms with Crippen LogP contribution in [0.15, 0.2) is 42.5 Å². The number of rotatable bonds is 6. The Labute approximate surface area is 174 Å². The van der Waals surface area contributed by atoms with Crippen molar-refractivity contribution < 1.29 is 14.3 Å². The van der Waals surface area contributed by atoms with Crippen molar-refractivity contribution in [2.75, 3.05) is 12.4 Å². The molecule has 0 aliphatic heterocycles. The van der Waals surface area contributed by atoms with Crippen molar-refractivity contribution in [2.45, 2.75) is 59.7 Å². The number of anilines is 1. The molecule has 2 rings (SSSR count). The highest BCUT2D eigenvalue weighted by atomic mass is 16.5. The Morgan fingerprint density at radius 2 is 1.45 bits per heavy atom. The van der Waals surface area contributed by atoms with Crippen LogP contribution in [-0.2, 0) is 0 Å². The van der Waals surface area contributed by atoms with Gasteiger partial charge in [-0.2, -0.15) is 0 Å². The highest BCUT2D eigenvalue weighted by Crippen LogP contribution is 2.34. The summed E-state index contributed by atoms with van der Waals surface area (Å²) in [6, 6.07) is 11.3. The lowest BCUT2D eigenvalue weighted by Gasteiger charge is -2.26. The number of aryl methyl sites for hydroxylation is 1. The van der Waals surface area contributed by atoms with Gasteiger partial charge in [-0.05, 0) is 96.5 Å². The molecular formula is C25H33NO3. The van der Waals surface area contributed by atoms with E-state index in [1.807, 2.05) is 98.0 Å². The minimum absolute atomic E-state index is 0.0537. The minimum Gasteiger partial charge on any atom is -0.488 e. The van der Waals surface area contributed by atoms with Crippen molar-refractivity contribution in [1.82, 2.24) is 0 Å². The van der Waals surface area contributed by atoms with Gasteiger partial charge in [0.15, 0.2) is 5.78 Å². The van der Waals surface area contributed by atoms with Crippen LogP contribution in [-0.4, -0.2) is 24.0 Å². The molecular weight excluding hydrogens is 362 g/mol. The van der Waals surface area contributed by atoms with E-state index in [2.05, 4.69) is 5.32 Å². The van der Waals surface area contributed by atoms with Gasteiger partial charge in [-0.15, -0.1) is 0 Å². The maximum Gasteiger partial charge on any atom is 0.185 e. The number of ketones is 1. The van der Waals surface area contributed by atoms with E-state index < -0.39 is 0 Å². The predicted molar refractivity (Wildman–Crippen MR) is 121 cm³/mol. The van der Waals surface area contributed by atoms with E-state index in [0.29, 0.717) is 11.3 Å². The van der Waals surface area contributed by atoms with E-state index in [4.69, 9.17) is 9.47 Å². The molecule has 0 saturated carbocycles. The molecule has 0 bridgehead atoms. The standard InChI is InChI=1S/C25H33NO3/c1-17-15-19(11-14-21(27)18-9-12-20(26-8)13-10-18)23(29-25(5,6)7)16-22(17)28-24(2,3)4/h9-16,26H,1-8H3/b14-11-. The number of carbonyl (C=O) groups excluding carboxylic acids is 1. The second-order valence-electron chi connectivity index (χ2n) is 9.11. The first-order chi connectivity index (χ1) is 13.4. The molecule has 4 heteroatoms. The predicted octanol–water partition coefficient (Wildman–Crippen LogP) is 6.29. The molecule has 0 radical (unpaired) electrons. The van der Waals surface area contributed by atoms with Gasteiger partial charge < -0.3 is 14.8 Å². The van der Waals surface area contributed by atoms with Crippen molar-refractivity contribution in [3.8, 4) is 11.5 Å². The van der Waals surface area contributed by atoms with Crippen LogP contribution in [0.3, 0.4) is 0 Å². The van der Waals surface area contributed by atoms with Crippen LogP contribution in [0.4, 0.5) is 5.69 Å². The van der Waals surface area contributed by atoms with Gasteiger partial charge in [0.05, 0.1) is 0 Å². The van der Waals surface area contributed by atoms with E-state index in [1.54, 1.807) is 6.08 Å². The van der Waals surface area contributed by atoms with E-state index >= 15 is 0 Å². The Bertz CT molecular complexity index is 882. The minimum atomic E-state index is -0.371. The summed E-state index contributed by atoms with van der Waals surface area (Å²) in [4.78, 5) is 12.6. The summed E-state index contributed by atoms with van der Waals surface area (Å²) in [5.74, 6) is 1.42. The molecule has 2 aromatic carbocycles. The fourth-order valence-corrected chi connectivity index (χ4v) is 2.74. The number of ether oxygens (including phenoxy) is 2. The van der Waals surface area contributed by atoms with Crippen LogP contribution in [0.2, 0.25) is 0 Å². The fourth-order valence-electron chi connectivity index (χ4n) is 2.74. The van der Waals surface area contributed by atoms with E-state index in [1.165, 1.54) is 0 Å². The largest absolute Gasteiger partial charge is 0.488 e. The Hall–Kier alpha value is -2.75. The third kappa shape index (κ3) is 6.97. The number of hydrogen-bond donors (Lipinski definition) is 1. The van der Waals surface area contributed by atoms with Gasteiger partial charge in [-0.25, -0.2) is 0 Å². The molecule has 0 amide bonds. The topological polar surface area (TPSA) is 47.6 Å². The molecule has 0 saturated heterocycles. The Morgan fingerprint density at radius 3 is 1.97 bits per heavy atom. The zero-order valence-corrected chi connectivity index (χ0v) is 18.8.